The van der Waals surface area contributed by atoms with E-state index in [1.165, 1.54) is 24.8 Å². The molecular formula is C20H26N4O. The topological polar surface area (TPSA) is 51.0 Å². The van der Waals surface area contributed by atoms with Crippen LogP contribution in [0, 0.1) is 6.92 Å². The predicted octanol–water partition coefficient (Wildman–Crippen LogP) is 3.22. The minimum Gasteiger partial charge on any atom is -0.332 e. The number of fused-ring (bicyclic) bond motifs is 1. The largest absolute Gasteiger partial charge is 0.332 e. The average molecular weight is 338 g/mol. The zero-order valence-corrected chi connectivity index (χ0v) is 14.9. The normalized spacial score (nSPS) is 20.4. The van der Waals surface area contributed by atoms with Gasteiger partial charge in [0.25, 0.3) is 0 Å². The number of carbonyl (C=O) groups excluding carboxylic acids is 1. The SMILES string of the molecule is Cc1ccc(CC(=O)N2CCC[C@@H]2c2nnc3n2CCCCC3)cc1. The van der Waals surface area contributed by atoms with Gasteiger partial charge in [0.1, 0.15) is 5.82 Å². The van der Waals surface area contributed by atoms with Crippen LogP contribution in [0.2, 0.25) is 0 Å². The van der Waals surface area contributed by atoms with E-state index in [0.717, 1.165) is 49.6 Å². The molecule has 1 amide bonds. The van der Waals surface area contributed by atoms with E-state index in [2.05, 4.69) is 46.0 Å². The fourth-order valence-electron chi connectivity index (χ4n) is 4.07. The van der Waals surface area contributed by atoms with Crippen molar-refractivity contribution in [3.8, 4) is 0 Å². The summed E-state index contributed by atoms with van der Waals surface area (Å²) in [6.07, 6.45) is 7.16. The highest BCUT2D eigenvalue weighted by Crippen LogP contribution is 2.32. The minimum atomic E-state index is 0.0947. The van der Waals surface area contributed by atoms with Crippen molar-refractivity contribution in [1.82, 2.24) is 19.7 Å². The Labute approximate surface area is 149 Å². The number of amides is 1. The average Bonchev–Trinajstić information content (AvgIpc) is 3.18. The van der Waals surface area contributed by atoms with Crippen LogP contribution in [0.5, 0.6) is 0 Å². The van der Waals surface area contributed by atoms with E-state index in [1.54, 1.807) is 0 Å². The summed E-state index contributed by atoms with van der Waals surface area (Å²) in [5.41, 5.74) is 2.31. The molecule has 25 heavy (non-hydrogen) atoms. The Hall–Kier alpha value is -2.17. The number of likely N-dealkylation sites (tertiary alicyclic amines) is 1. The van der Waals surface area contributed by atoms with Gasteiger partial charge in [-0.15, -0.1) is 10.2 Å². The number of aromatic nitrogens is 3. The van der Waals surface area contributed by atoms with Gasteiger partial charge in [-0.1, -0.05) is 36.2 Å². The van der Waals surface area contributed by atoms with Crippen LogP contribution in [0.15, 0.2) is 24.3 Å². The van der Waals surface area contributed by atoms with Gasteiger partial charge in [-0.25, -0.2) is 0 Å². The maximum Gasteiger partial charge on any atom is 0.227 e. The van der Waals surface area contributed by atoms with Crippen molar-refractivity contribution in [2.75, 3.05) is 6.54 Å². The van der Waals surface area contributed by atoms with Crippen LogP contribution >= 0.6 is 0 Å². The van der Waals surface area contributed by atoms with Gasteiger partial charge in [0.15, 0.2) is 5.82 Å². The molecule has 132 valence electrons. The second-order valence-electron chi connectivity index (χ2n) is 7.34. The molecule has 0 saturated carbocycles. The highest BCUT2D eigenvalue weighted by molar-refractivity contribution is 5.79. The molecule has 2 aliphatic rings. The van der Waals surface area contributed by atoms with Crippen LogP contribution in [0.1, 0.15) is 60.9 Å². The van der Waals surface area contributed by atoms with Crippen molar-refractivity contribution >= 4 is 5.91 Å². The van der Waals surface area contributed by atoms with Gasteiger partial charge < -0.3 is 9.47 Å². The first-order valence-electron chi connectivity index (χ1n) is 9.49. The summed E-state index contributed by atoms with van der Waals surface area (Å²) < 4.78 is 2.29. The molecule has 0 bridgehead atoms. The zero-order valence-electron chi connectivity index (χ0n) is 14.9. The van der Waals surface area contributed by atoms with Crippen LogP contribution in [-0.2, 0) is 24.2 Å². The first-order chi connectivity index (χ1) is 12.2. The summed E-state index contributed by atoms with van der Waals surface area (Å²) in [4.78, 5) is 14.9. The second kappa shape index (κ2) is 6.98. The Balaban J connectivity index is 1.53. The third kappa shape index (κ3) is 3.32. The molecular weight excluding hydrogens is 312 g/mol. The van der Waals surface area contributed by atoms with E-state index >= 15 is 0 Å². The molecule has 1 fully saturated rings. The lowest BCUT2D eigenvalue weighted by molar-refractivity contribution is -0.131. The van der Waals surface area contributed by atoms with Gasteiger partial charge in [-0.2, -0.15) is 0 Å². The zero-order chi connectivity index (χ0) is 17.2. The number of hydrogen-bond donors (Lipinski definition) is 0. The van der Waals surface area contributed by atoms with Gasteiger partial charge in [0, 0.05) is 19.5 Å². The van der Waals surface area contributed by atoms with Crippen molar-refractivity contribution in [2.24, 2.45) is 0 Å². The van der Waals surface area contributed by atoms with Crippen LogP contribution in [0.25, 0.3) is 0 Å². The molecule has 5 heteroatoms. The maximum absolute atomic E-state index is 12.9. The Bertz CT molecular complexity index is 750. The summed E-state index contributed by atoms with van der Waals surface area (Å²) in [6.45, 7) is 3.89. The standard InChI is InChI=1S/C20H26N4O/c1-15-8-10-16(11-9-15)14-19(25)23-13-5-6-17(23)20-22-21-18-7-3-2-4-12-24(18)20/h8-11,17H,2-7,12-14H2,1H3/t17-/m1/s1. The first kappa shape index (κ1) is 16.3. The molecule has 1 saturated heterocycles. The minimum absolute atomic E-state index is 0.0947. The van der Waals surface area contributed by atoms with E-state index in [0.29, 0.717) is 6.42 Å². The third-order valence-electron chi connectivity index (χ3n) is 5.49. The van der Waals surface area contributed by atoms with Crippen LogP contribution in [0.4, 0.5) is 0 Å². The van der Waals surface area contributed by atoms with Crippen molar-refractivity contribution < 1.29 is 4.79 Å². The van der Waals surface area contributed by atoms with Gasteiger partial charge in [0.2, 0.25) is 5.91 Å². The van der Waals surface area contributed by atoms with Gasteiger partial charge in [-0.05, 0) is 38.2 Å². The monoisotopic (exact) mass is 338 g/mol. The first-order valence-corrected chi connectivity index (χ1v) is 9.49. The molecule has 2 aromatic rings. The molecule has 2 aliphatic heterocycles. The lowest BCUT2D eigenvalue weighted by Gasteiger charge is -2.25. The smallest absolute Gasteiger partial charge is 0.227 e. The van der Waals surface area contributed by atoms with Crippen molar-refractivity contribution in [1.29, 1.82) is 0 Å². The Kier molecular flexibility index (Phi) is 4.55. The number of hydrogen-bond acceptors (Lipinski definition) is 3. The van der Waals surface area contributed by atoms with Gasteiger partial charge in [0.05, 0.1) is 12.5 Å². The van der Waals surface area contributed by atoms with E-state index in [9.17, 15) is 4.79 Å². The summed E-state index contributed by atoms with van der Waals surface area (Å²) in [7, 11) is 0. The fourth-order valence-corrected chi connectivity index (χ4v) is 4.07. The number of aryl methyl sites for hydroxylation is 2. The Morgan fingerprint density at radius 2 is 1.92 bits per heavy atom. The molecule has 1 atom stereocenters. The van der Waals surface area contributed by atoms with Crippen molar-refractivity contribution in [3.05, 3.63) is 47.0 Å². The fraction of sp³-hybridized carbons (Fsp3) is 0.550. The number of nitrogens with zero attached hydrogens (tertiary/aromatic N) is 4. The molecule has 4 rings (SSSR count). The molecule has 0 aliphatic carbocycles. The van der Waals surface area contributed by atoms with E-state index in [4.69, 9.17) is 0 Å². The lowest BCUT2D eigenvalue weighted by Crippen LogP contribution is -2.33. The van der Waals surface area contributed by atoms with Crippen LogP contribution in [-0.4, -0.2) is 32.1 Å². The third-order valence-corrected chi connectivity index (χ3v) is 5.49. The highest BCUT2D eigenvalue weighted by Gasteiger charge is 2.34. The molecule has 0 spiro atoms. The number of benzene rings is 1. The van der Waals surface area contributed by atoms with Crippen molar-refractivity contribution in [2.45, 2.75) is 64.5 Å². The Morgan fingerprint density at radius 1 is 1.08 bits per heavy atom. The molecule has 0 radical (unpaired) electrons. The molecule has 1 aromatic carbocycles. The summed E-state index contributed by atoms with van der Waals surface area (Å²) >= 11 is 0. The van der Waals surface area contributed by atoms with Gasteiger partial charge >= 0.3 is 0 Å². The van der Waals surface area contributed by atoms with Crippen molar-refractivity contribution in [3.63, 3.8) is 0 Å². The molecule has 1 aromatic heterocycles. The molecule has 0 N–H and O–H groups in total. The van der Waals surface area contributed by atoms with E-state index < -0.39 is 0 Å². The molecule has 3 heterocycles. The summed E-state index contributed by atoms with van der Waals surface area (Å²) in [6, 6.07) is 8.35. The maximum atomic E-state index is 12.9. The quantitative estimate of drug-likeness (QED) is 0.863. The second-order valence-corrected chi connectivity index (χ2v) is 7.34. The highest BCUT2D eigenvalue weighted by atomic mass is 16.2. The molecule has 5 nitrogen and oxygen atoms in total. The number of rotatable bonds is 3. The van der Waals surface area contributed by atoms with Gasteiger partial charge in [-0.3, -0.25) is 4.79 Å². The lowest BCUT2D eigenvalue weighted by atomic mass is 10.1. The number of carbonyl (C=O) groups is 1. The van der Waals surface area contributed by atoms with E-state index in [-0.39, 0.29) is 11.9 Å². The molecule has 0 unspecified atom stereocenters. The van der Waals surface area contributed by atoms with Crippen LogP contribution < -0.4 is 0 Å². The predicted molar refractivity (Wildman–Crippen MR) is 96.1 cm³/mol. The summed E-state index contributed by atoms with van der Waals surface area (Å²) in [5, 5.41) is 8.92. The Morgan fingerprint density at radius 3 is 2.76 bits per heavy atom. The van der Waals surface area contributed by atoms with Crippen LogP contribution in [0.3, 0.4) is 0 Å². The van der Waals surface area contributed by atoms with E-state index in [1.807, 2.05) is 4.90 Å². The summed E-state index contributed by atoms with van der Waals surface area (Å²) in [5.74, 6) is 2.31.